The van der Waals surface area contributed by atoms with E-state index in [0.29, 0.717) is 13.2 Å². The van der Waals surface area contributed by atoms with Gasteiger partial charge in [0.2, 0.25) is 10.0 Å². The zero-order valence-electron chi connectivity index (χ0n) is 16.8. The molecule has 1 aromatic rings. The molecule has 1 fully saturated rings. The Bertz CT molecular complexity index is 747. The number of aliphatic imine (C=N–C) groups is 1. The summed E-state index contributed by atoms with van der Waals surface area (Å²) < 4.78 is 32.1. The highest BCUT2D eigenvalue weighted by atomic mass is 32.2. The van der Waals surface area contributed by atoms with Gasteiger partial charge in [0.15, 0.2) is 5.96 Å². The molecule has 0 atom stereocenters. The molecule has 0 spiro atoms. The van der Waals surface area contributed by atoms with Gasteiger partial charge < -0.3 is 15.0 Å². The van der Waals surface area contributed by atoms with Crippen LogP contribution in [0, 0.1) is 5.41 Å². The van der Waals surface area contributed by atoms with E-state index in [4.69, 9.17) is 9.73 Å². The quantitative estimate of drug-likeness (QED) is 0.398. The van der Waals surface area contributed by atoms with Crippen LogP contribution in [0.25, 0.3) is 0 Å². The molecule has 1 aliphatic heterocycles. The molecular weight excluding hydrogens is 364 g/mol. The Hall–Kier alpha value is -1.64. The molecule has 152 valence electrons. The zero-order valence-corrected chi connectivity index (χ0v) is 17.6. The molecule has 27 heavy (non-hydrogen) atoms. The summed E-state index contributed by atoms with van der Waals surface area (Å²) in [5.41, 5.74) is 1.15. The van der Waals surface area contributed by atoms with Crippen LogP contribution in [0.5, 0.6) is 0 Å². The van der Waals surface area contributed by atoms with Crippen LogP contribution in [-0.2, 0) is 21.3 Å². The molecule has 2 rings (SSSR count). The molecule has 0 amide bonds. The number of rotatable bonds is 8. The van der Waals surface area contributed by atoms with Gasteiger partial charge in [0.25, 0.3) is 0 Å². The molecule has 0 bridgehead atoms. The van der Waals surface area contributed by atoms with Gasteiger partial charge in [0.1, 0.15) is 0 Å². The molecule has 0 unspecified atom stereocenters. The number of sulfonamides is 1. The first-order valence-electron chi connectivity index (χ1n) is 9.38. The lowest BCUT2D eigenvalue weighted by molar-refractivity contribution is 0.204. The second kappa shape index (κ2) is 9.52. The Labute approximate surface area is 163 Å². The topological polar surface area (TPSA) is 83.0 Å². The van der Waals surface area contributed by atoms with Gasteiger partial charge in [-0.1, -0.05) is 26.0 Å². The third-order valence-electron chi connectivity index (χ3n) is 4.53. The van der Waals surface area contributed by atoms with E-state index in [1.54, 1.807) is 18.2 Å². The molecule has 0 radical (unpaired) electrons. The highest BCUT2D eigenvalue weighted by Crippen LogP contribution is 2.28. The first-order chi connectivity index (χ1) is 12.8. The van der Waals surface area contributed by atoms with Gasteiger partial charge in [0, 0.05) is 33.3 Å². The minimum atomic E-state index is -3.54. The van der Waals surface area contributed by atoms with Crippen molar-refractivity contribution in [3.05, 3.63) is 29.8 Å². The third-order valence-corrected chi connectivity index (χ3v) is 5.99. The van der Waals surface area contributed by atoms with Gasteiger partial charge in [-0.25, -0.2) is 18.1 Å². The van der Waals surface area contributed by atoms with Crippen LogP contribution in [0.3, 0.4) is 0 Å². The number of ether oxygens (including phenoxy) is 1. The summed E-state index contributed by atoms with van der Waals surface area (Å²) in [5, 5.41) is 3.34. The molecule has 0 saturated carbocycles. The molecule has 0 aliphatic carbocycles. The van der Waals surface area contributed by atoms with Gasteiger partial charge in [-0.2, -0.15) is 0 Å². The Morgan fingerprint density at radius 1 is 1.37 bits per heavy atom. The van der Waals surface area contributed by atoms with Crippen LogP contribution < -0.4 is 10.0 Å². The maximum Gasteiger partial charge on any atom is 0.240 e. The monoisotopic (exact) mass is 396 g/mol. The molecule has 1 heterocycles. The summed E-state index contributed by atoms with van der Waals surface area (Å²) in [5.74, 6) is 0.884. The van der Waals surface area contributed by atoms with Crippen LogP contribution in [0.15, 0.2) is 34.2 Å². The van der Waals surface area contributed by atoms with E-state index in [-0.39, 0.29) is 16.9 Å². The van der Waals surface area contributed by atoms with E-state index in [1.807, 2.05) is 6.07 Å². The number of guanidine groups is 1. The average Bonchev–Trinajstić information content (AvgIpc) is 2.99. The largest absolute Gasteiger partial charge is 0.383 e. The van der Waals surface area contributed by atoms with E-state index in [2.05, 4.69) is 35.7 Å². The van der Waals surface area contributed by atoms with E-state index >= 15 is 0 Å². The third kappa shape index (κ3) is 6.48. The fourth-order valence-corrected chi connectivity index (χ4v) is 4.14. The summed E-state index contributed by atoms with van der Waals surface area (Å²) in [4.78, 5) is 7.25. The van der Waals surface area contributed by atoms with E-state index in [9.17, 15) is 8.42 Å². The molecule has 7 nitrogen and oxygen atoms in total. The molecule has 1 saturated heterocycles. The number of nitrogens with zero attached hydrogens (tertiary/aromatic N) is 2. The van der Waals surface area contributed by atoms with Crippen molar-refractivity contribution >= 4 is 16.0 Å². The number of benzene rings is 1. The fourth-order valence-electron chi connectivity index (χ4n) is 3.06. The van der Waals surface area contributed by atoms with Crippen LogP contribution in [0.4, 0.5) is 0 Å². The molecule has 1 aliphatic rings. The Morgan fingerprint density at radius 2 is 2.15 bits per heavy atom. The van der Waals surface area contributed by atoms with Gasteiger partial charge in [-0.15, -0.1) is 0 Å². The highest BCUT2D eigenvalue weighted by Gasteiger charge is 2.30. The van der Waals surface area contributed by atoms with Crippen molar-refractivity contribution in [3.63, 3.8) is 0 Å². The number of hydrogen-bond donors (Lipinski definition) is 2. The van der Waals surface area contributed by atoms with Crippen molar-refractivity contribution in [1.82, 2.24) is 14.9 Å². The Balaban J connectivity index is 2.10. The Morgan fingerprint density at radius 3 is 2.78 bits per heavy atom. The number of hydrogen-bond acceptors (Lipinski definition) is 4. The number of methoxy groups -OCH3 is 1. The maximum absolute atomic E-state index is 12.4. The second-order valence-corrected chi connectivity index (χ2v) is 9.31. The molecule has 0 aromatic heterocycles. The Kier molecular flexibility index (Phi) is 7.64. The molecular formula is C19H32N4O3S. The summed E-state index contributed by atoms with van der Waals surface area (Å²) >= 11 is 0. The minimum absolute atomic E-state index is 0.247. The predicted molar refractivity (Wildman–Crippen MR) is 108 cm³/mol. The SMILES string of the molecule is CCNC(=NCc1cccc(S(=O)(=O)NCCOC)c1)N1CCC(C)(C)C1. The van der Waals surface area contributed by atoms with Crippen molar-refractivity contribution in [2.75, 3.05) is 39.9 Å². The molecule has 2 N–H and O–H groups in total. The van der Waals surface area contributed by atoms with Gasteiger partial charge in [-0.3, -0.25) is 0 Å². The van der Waals surface area contributed by atoms with Crippen molar-refractivity contribution < 1.29 is 13.2 Å². The summed E-state index contributed by atoms with van der Waals surface area (Å²) in [6.45, 7) is 10.3. The van der Waals surface area contributed by atoms with Crippen LogP contribution in [0.2, 0.25) is 0 Å². The number of likely N-dealkylation sites (tertiary alicyclic amines) is 1. The van der Waals surface area contributed by atoms with Crippen molar-refractivity contribution in [2.24, 2.45) is 10.4 Å². The molecule has 1 aromatic carbocycles. The summed E-state index contributed by atoms with van der Waals surface area (Å²) in [6.07, 6.45) is 1.14. The van der Waals surface area contributed by atoms with Crippen LogP contribution >= 0.6 is 0 Å². The van der Waals surface area contributed by atoms with E-state index in [0.717, 1.165) is 37.6 Å². The average molecular weight is 397 g/mol. The van der Waals surface area contributed by atoms with E-state index in [1.165, 1.54) is 7.11 Å². The van der Waals surface area contributed by atoms with Gasteiger partial charge >= 0.3 is 0 Å². The smallest absolute Gasteiger partial charge is 0.240 e. The maximum atomic E-state index is 12.4. The van der Waals surface area contributed by atoms with Crippen molar-refractivity contribution in [2.45, 2.75) is 38.6 Å². The summed E-state index contributed by atoms with van der Waals surface area (Å²) in [6, 6.07) is 6.92. The van der Waals surface area contributed by atoms with Crippen molar-refractivity contribution in [1.29, 1.82) is 0 Å². The van der Waals surface area contributed by atoms with Gasteiger partial charge in [0.05, 0.1) is 18.0 Å². The minimum Gasteiger partial charge on any atom is -0.383 e. The van der Waals surface area contributed by atoms with Gasteiger partial charge in [-0.05, 0) is 36.5 Å². The normalized spacial score (nSPS) is 17.3. The standard InChI is InChI=1S/C19H32N4O3S/c1-5-20-18(23-11-9-19(2,3)15-23)21-14-16-7-6-8-17(13-16)27(24,25)22-10-12-26-4/h6-8,13,22H,5,9-12,14-15H2,1-4H3,(H,20,21). The van der Waals surface area contributed by atoms with Crippen LogP contribution in [-0.4, -0.2) is 59.2 Å². The lowest BCUT2D eigenvalue weighted by Crippen LogP contribution is -2.40. The van der Waals surface area contributed by atoms with Crippen molar-refractivity contribution in [3.8, 4) is 0 Å². The summed E-state index contributed by atoms with van der Waals surface area (Å²) in [7, 11) is -2.00. The molecule has 8 heteroatoms. The second-order valence-electron chi connectivity index (χ2n) is 7.54. The number of nitrogens with one attached hydrogen (secondary N) is 2. The van der Waals surface area contributed by atoms with Crippen LogP contribution in [0.1, 0.15) is 32.8 Å². The predicted octanol–water partition coefficient (Wildman–Crippen LogP) is 1.81. The first-order valence-corrected chi connectivity index (χ1v) is 10.9. The van der Waals surface area contributed by atoms with E-state index < -0.39 is 10.0 Å². The highest BCUT2D eigenvalue weighted by molar-refractivity contribution is 7.89. The lowest BCUT2D eigenvalue weighted by atomic mass is 9.93. The lowest BCUT2D eigenvalue weighted by Gasteiger charge is -2.23. The first kappa shape index (κ1) is 21.7. The fraction of sp³-hybridized carbons (Fsp3) is 0.632. The zero-order chi connectivity index (χ0) is 19.9.